The first-order valence-corrected chi connectivity index (χ1v) is 5.81. The van der Waals surface area contributed by atoms with Gasteiger partial charge < -0.3 is 15.4 Å². The normalized spacial score (nSPS) is 11.2. The molecule has 0 aromatic carbocycles. The van der Waals surface area contributed by atoms with E-state index in [9.17, 15) is 9.90 Å². The first kappa shape index (κ1) is 14.4. The van der Waals surface area contributed by atoms with E-state index in [1.165, 1.54) is 6.20 Å². The van der Waals surface area contributed by atoms with E-state index in [0.29, 0.717) is 17.9 Å². The number of pyridine rings is 1. The molecule has 1 amide bonds. The summed E-state index contributed by atoms with van der Waals surface area (Å²) >= 11 is 0. The first-order valence-electron chi connectivity index (χ1n) is 5.81. The number of amides is 1. The monoisotopic (exact) mass is 252 g/mol. The lowest BCUT2D eigenvalue weighted by Crippen LogP contribution is -2.42. The summed E-state index contributed by atoms with van der Waals surface area (Å²) in [6.45, 7) is 5.97. The molecule has 100 valence electrons. The molecular weight excluding hydrogens is 232 g/mol. The minimum absolute atomic E-state index is 0.205. The fourth-order valence-electron chi connectivity index (χ4n) is 1.56. The molecule has 0 unspecified atom stereocenters. The third kappa shape index (κ3) is 3.97. The maximum Gasteiger partial charge on any atom is 0.272 e. The van der Waals surface area contributed by atoms with Gasteiger partial charge in [0.1, 0.15) is 5.69 Å². The van der Waals surface area contributed by atoms with Crippen molar-refractivity contribution in [2.75, 3.05) is 18.5 Å². The average molecular weight is 252 g/mol. The Morgan fingerprint density at radius 3 is 2.61 bits per heavy atom. The molecule has 18 heavy (non-hydrogen) atoms. The van der Waals surface area contributed by atoms with Crippen molar-refractivity contribution in [2.45, 2.75) is 26.4 Å². The summed E-state index contributed by atoms with van der Waals surface area (Å²) in [6, 6.07) is 3.28. The lowest BCUT2D eigenvalue weighted by Gasteiger charge is -2.27. The minimum Gasteiger partial charge on any atom is -0.389 e. The molecule has 1 rings (SSSR count). The van der Waals surface area contributed by atoms with Gasteiger partial charge in [0.2, 0.25) is 0 Å². The number of hydrazine groups is 1. The van der Waals surface area contributed by atoms with Crippen LogP contribution in [0.1, 0.15) is 31.3 Å². The maximum absolute atomic E-state index is 12.2. The molecule has 0 aliphatic carbocycles. The van der Waals surface area contributed by atoms with Crippen LogP contribution in [-0.2, 0) is 0 Å². The Morgan fingerprint density at radius 1 is 1.56 bits per heavy atom. The zero-order valence-corrected chi connectivity index (χ0v) is 11.0. The van der Waals surface area contributed by atoms with Crippen molar-refractivity contribution in [3.63, 3.8) is 0 Å². The van der Waals surface area contributed by atoms with Crippen molar-refractivity contribution >= 4 is 11.6 Å². The molecular formula is C12H20N4O2. The molecule has 0 atom stereocenters. The minimum atomic E-state index is -0.926. The lowest BCUT2D eigenvalue weighted by atomic mass is 10.1. The van der Waals surface area contributed by atoms with Gasteiger partial charge in [0.25, 0.3) is 5.91 Å². The predicted octanol–water partition coefficient (Wildman–Crippen LogP) is 0.600. The number of nitrogens with zero attached hydrogens (tertiary/aromatic N) is 2. The number of likely N-dealkylation sites (N-methyl/N-ethyl adjacent to an activating group) is 1. The predicted molar refractivity (Wildman–Crippen MR) is 69.9 cm³/mol. The van der Waals surface area contributed by atoms with Gasteiger partial charge in [-0.1, -0.05) is 0 Å². The van der Waals surface area contributed by atoms with E-state index in [4.69, 9.17) is 5.84 Å². The third-order valence-corrected chi connectivity index (χ3v) is 2.40. The Bertz CT molecular complexity index is 398. The van der Waals surface area contributed by atoms with Crippen LogP contribution in [0.5, 0.6) is 0 Å². The first-order chi connectivity index (χ1) is 8.37. The van der Waals surface area contributed by atoms with Gasteiger partial charge in [0.15, 0.2) is 0 Å². The van der Waals surface area contributed by atoms with Crippen LogP contribution in [0.25, 0.3) is 0 Å². The zero-order valence-electron chi connectivity index (χ0n) is 11.0. The summed E-state index contributed by atoms with van der Waals surface area (Å²) in [5.41, 5.74) is 2.49. The fourth-order valence-corrected chi connectivity index (χ4v) is 1.56. The number of nitrogens with one attached hydrogen (secondary N) is 1. The van der Waals surface area contributed by atoms with Crippen molar-refractivity contribution in [3.05, 3.63) is 24.0 Å². The van der Waals surface area contributed by atoms with Crippen LogP contribution in [0.4, 0.5) is 5.69 Å². The number of nitrogens with two attached hydrogens (primary N) is 1. The lowest BCUT2D eigenvalue weighted by molar-refractivity contribution is 0.0311. The van der Waals surface area contributed by atoms with Gasteiger partial charge >= 0.3 is 0 Å². The highest BCUT2D eigenvalue weighted by molar-refractivity contribution is 5.92. The van der Waals surface area contributed by atoms with Gasteiger partial charge in [-0.25, -0.2) is 4.98 Å². The second-order valence-corrected chi connectivity index (χ2v) is 4.71. The van der Waals surface area contributed by atoms with Crippen LogP contribution in [0.15, 0.2) is 18.3 Å². The molecule has 6 heteroatoms. The van der Waals surface area contributed by atoms with Crippen LogP contribution >= 0.6 is 0 Å². The molecule has 1 aromatic rings. The summed E-state index contributed by atoms with van der Waals surface area (Å²) in [6.07, 6.45) is 1.49. The number of hydrogen-bond acceptors (Lipinski definition) is 5. The molecule has 0 saturated heterocycles. The second-order valence-electron chi connectivity index (χ2n) is 4.71. The molecule has 1 heterocycles. The Kier molecular flexibility index (Phi) is 4.63. The van der Waals surface area contributed by atoms with E-state index in [1.54, 1.807) is 30.9 Å². The van der Waals surface area contributed by atoms with E-state index in [-0.39, 0.29) is 12.5 Å². The number of carbonyl (C=O) groups is 1. The van der Waals surface area contributed by atoms with E-state index < -0.39 is 5.60 Å². The Balaban J connectivity index is 2.82. The van der Waals surface area contributed by atoms with Crippen LogP contribution in [0.2, 0.25) is 0 Å². The number of hydrogen-bond donors (Lipinski definition) is 3. The molecule has 0 aliphatic rings. The van der Waals surface area contributed by atoms with Crippen molar-refractivity contribution in [1.82, 2.24) is 9.88 Å². The van der Waals surface area contributed by atoms with Crippen molar-refractivity contribution in [2.24, 2.45) is 5.84 Å². The molecule has 0 saturated carbocycles. The molecule has 0 aliphatic heterocycles. The summed E-state index contributed by atoms with van der Waals surface area (Å²) in [7, 11) is 0. The highest BCUT2D eigenvalue weighted by Crippen LogP contribution is 2.10. The van der Waals surface area contributed by atoms with Gasteiger partial charge in [0, 0.05) is 13.1 Å². The van der Waals surface area contributed by atoms with Crippen molar-refractivity contribution in [1.29, 1.82) is 0 Å². The quantitative estimate of drug-likeness (QED) is 0.527. The number of aliphatic hydroxyl groups is 1. The highest BCUT2D eigenvalue weighted by Gasteiger charge is 2.22. The maximum atomic E-state index is 12.2. The highest BCUT2D eigenvalue weighted by atomic mass is 16.3. The molecule has 1 aromatic heterocycles. The molecule has 0 bridgehead atoms. The second kappa shape index (κ2) is 5.79. The van der Waals surface area contributed by atoms with Gasteiger partial charge in [-0.3, -0.25) is 10.6 Å². The average Bonchev–Trinajstić information content (AvgIpc) is 2.34. The Hall–Kier alpha value is -1.66. The van der Waals surface area contributed by atoms with Gasteiger partial charge in [-0.2, -0.15) is 0 Å². The van der Waals surface area contributed by atoms with Gasteiger partial charge in [-0.15, -0.1) is 0 Å². The Labute approximate surface area is 107 Å². The zero-order chi connectivity index (χ0) is 13.8. The molecule has 0 fully saturated rings. The van der Waals surface area contributed by atoms with Crippen LogP contribution < -0.4 is 11.3 Å². The smallest absolute Gasteiger partial charge is 0.272 e. The standard InChI is InChI=1S/C12H20N4O2/c1-4-16(8-12(2,3)18)11(17)10-6-5-9(15-13)7-14-10/h5-7,15,18H,4,8,13H2,1-3H3. The SMILES string of the molecule is CCN(CC(C)(C)O)C(=O)c1ccc(NN)cn1. The summed E-state index contributed by atoms with van der Waals surface area (Å²) in [5.74, 6) is 5.02. The number of carbonyl (C=O) groups excluding carboxylic acids is 1. The molecule has 4 N–H and O–H groups in total. The largest absolute Gasteiger partial charge is 0.389 e. The Morgan fingerprint density at radius 2 is 2.22 bits per heavy atom. The van der Waals surface area contributed by atoms with E-state index in [1.807, 2.05) is 6.92 Å². The van der Waals surface area contributed by atoms with Crippen LogP contribution in [0, 0.1) is 0 Å². The van der Waals surface area contributed by atoms with Crippen LogP contribution in [0.3, 0.4) is 0 Å². The fraction of sp³-hybridized carbons (Fsp3) is 0.500. The number of anilines is 1. The topological polar surface area (TPSA) is 91.5 Å². The summed E-state index contributed by atoms with van der Waals surface area (Å²) in [5, 5.41) is 9.76. The van der Waals surface area contributed by atoms with Gasteiger partial charge in [0.05, 0.1) is 17.5 Å². The summed E-state index contributed by atoms with van der Waals surface area (Å²) in [4.78, 5) is 17.7. The van der Waals surface area contributed by atoms with E-state index in [2.05, 4.69) is 10.4 Å². The summed E-state index contributed by atoms with van der Waals surface area (Å²) < 4.78 is 0. The van der Waals surface area contributed by atoms with E-state index in [0.717, 1.165) is 0 Å². The van der Waals surface area contributed by atoms with Gasteiger partial charge in [-0.05, 0) is 32.9 Å². The number of aromatic nitrogens is 1. The molecule has 0 radical (unpaired) electrons. The van der Waals surface area contributed by atoms with Crippen molar-refractivity contribution < 1.29 is 9.90 Å². The molecule has 0 spiro atoms. The van der Waals surface area contributed by atoms with E-state index >= 15 is 0 Å². The number of rotatable bonds is 5. The molecule has 6 nitrogen and oxygen atoms in total. The van der Waals surface area contributed by atoms with Crippen LogP contribution in [-0.4, -0.2) is 39.6 Å². The number of nitrogen functional groups attached to an aromatic ring is 1. The van der Waals surface area contributed by atoms with Crippen molar-refractivity contribution in [3.8, 4) is 0 Å². The third-order valence-electron chi connectivity index (χ3n) is 2.40.